The van der Waals surface area contributed by atoms with Gasteiger partial charge in [0.15, 0.2) is 11.5 Å². The maximum Gasteiger partial charge on any atom is 0.259 e. The molecule has 10 nitrogen and oxygen atoms in total. The molecule has 146 valence electrons. The summed E-state index contributed by atoms with van der Waals surface area (Å²) in [5.74, 6) is 1.64. The smallest absolute Gasteiger partial charge is 0.259 e. The number of carbonyl (C=O) groups is 1. The molecule has 0 N–H and O–H groups in total. The van der Waals surface area contributed by atoms with Crippen molar-refractivity contribution in [3.8, 4) is 5.75 Å². The third kappa shape index (κ3) is 2.86. The van der Waals surface area contributed by atoms with Crippen LogP contribution in [-0.2, 0) is 7.05 Å². The zero-order valence-corrected chi connectivity index (χ0v) is 16.2. The highest BCUT2D eigenvalue weighted by molar-refractivity contribution is 5.96. The molecule has 1 aliphatic heterocycles. The Bertz CT molecular complexity index is 1110. The van der Waals surface area contributed by atoms with Gasteiger partial charge in [-0.15, -0.1) is 15.3 Å². The molecule has 10 heteroatoms. The molecule has 28 heavy (non-hydrogen) atoms. The van der Waals surface area contributed by atoms with E-state index in [4.69, 9.17) is 4.74 Å². The molecule has 1 amide bonds. The van der Waals surface area contributed by atoms with Gasteiger partial charge in [0.2, 0.25) is 0 Å². The first-order chi connectivity index (χ1) is 13.4. The summed E-state index contributed by atoms with van der Waals surface area (Å²) in [6.07, 6.45) is 1.51. The molecule has 0 aliphatic carbocycles. The van der Waals surface area contributed by atoms with Crippen molar-refractivity contribution in [1.82, 2.24) is 29.3 Å². The van der Waals surface area contributed by atoms with Gasteiger partial charge in [0.05, 0.1) is 18.7 Å². The lowest BCUT2D eigenvalue weighted by atomic mass is 10.1. The number of aromatic nitrogens is 5. The van der Waals surface area contributed by atoms with Crippen molar-refractivity contribution in [2.45, 2.75) is 13.0 Å². The molecule has 0 aromatic carbocycles. The van der Waals surface area contributed by atoms with Crippen LogP contribution in [0.4, 0.5) is 5.82 Å². The minimum absolute atomic E-state index is 0.0361. The Hall–Kier alpha value is -3.43. The van der Waals surface area contributed by atoms with Gasteiger partial charge >= 0.3 is 0 Å². The van der Waals surface area contributed by atoms with Gasteiger partial charge in [-0.3, -0.25) is 9.59 Å². The molecule has 0 bridgehead atoms. The summed E-state index contributed by atoms with van der Waals surface area (Å²) in [7, 11) is 4.82. The number of rotatable bonds is 4. The van der Waals surface area contributed by atoms with Crippen molar-refractivity contribution in [3.63, 3.8) is 0 Å². The number of fused-ring (bicyclic) bond motifs is 1. The van der Waals surface area contributed by atoms with Crippen LogP contribution in [0.25, 0.3) is 5.65 Å². The Balaban J connectivity index is 1.49. The molecule has 1 fully saturated rings. The third-order valence-electron chi connectivity index (χ3n) is 5.10. The normalized spacial score (nSPS) is 14.2. The highest BCUT2D eigenvalue weighted by Gasteiger charge is 2.34. The lowest BCUT2D eigenvalue weighted by Gasteiger charge is -2.44. The van der Waals surface area contributed by atoms with Crippen molar-refractivity contribution in [2.75, 3.05) is 32.1 Å². The SMILES string of the molecule is COc1cc(=O)n(C)cc1C(=O)N(C)C1CN(c2ccc3nnc(C)n3n2)C1. The van der Waals surface area contributed by atoms with Gasteiger partial charge in [-0.05, 0) is 19.1 Å². The van der Waals surface area contributed by atoms with Gasteiger partial charge in [-0.25, -0.2) is 0 Å². The summed E-state index contributed by atoms with van der Waals surface area (Å²) >= 11 is 0. The zero-order valence-electron chi connectivity index (χ0n) is 16.2. The molecule has 0 saturated carbocycles. The average Bonchev–Trinajstić information content (AvgIpc) is 3.02. The fourth-order valence-corrected chi connectivity index (χ4v) is 3.24. The van der Waals surface area contributed by atoms with Gasteiger partial charge in [0, 0.05) is 39.4 Å². The number of likely N-dealkylation sites (N-methyl/N-ethyl adjacent to an activating group) is 1. The molecular formula is C18H21N7O3. The Morgan fingerprint density at radius 2 is 2.04 bits per heavy atom. The predicted octanol–water partition coefficient (Wildman–Crippen LogP) is 0.101. The molecule has 1 saturated heterocycles. The van der Waals surface area contributed by atoms with Crippen LogP contribution in [0, 0.1) is 6.92 Å². The summed E-state index contributed by atoms with van der Waals surface area (Å²) in [4.78, 5) is 28.5. The first-order valence-electron chi connectivity index (χ1n) is 8.85. The van der Waals surface area contributed by atoms with Gasteiger partial charge in [0.1, 0.15) is 11.6 Å². The van der Waals surface area contributed by atoms with Crippen molar-refractivity contribution in [3.05, 3.63) is 46.1 Å². The van der Waals surface area contributed by atoms with E-state index in [0.717, 1.165) is 11.6 Å². The first-order valence-corrected chi connectivity index (χ1v) is 8.85. The van der Waals surface area contributed by atoms with Crippen LogP contribution in [0.5, 0.6) is 5.75 Å². The third-order valence-corrected chi connectivity index (χ3v) is 5.10. The van der Waals surface area contributed by atoms with Crippen LogP contribution in [-0.4, -0.2) is 68.5 Å². The lowest BCUT2D eigenvalue weighted by Crippen LogP contribution is -2.60. The highest BCUT2D eigenvalue weighted by Crippen LogP contribution is 2.24. The standard InChI is InChI=1S/C18H21N7O3/c1-11-19-20-15-5-6-16(21-25(11)15)24-8-12(9-24)23(3)18(27)13-10-22(2)17(26)7-14(13)28-4/h5-7,10,12H,8-9H2,1-4H3. The number of nitrogens with zero attached hydrogens (tertiary/aromatic N) is 7. The topological polar surface area (TPSA) is 97.9 Å². The Morgan fingerprint density at radius 1 is 1.29 bits per heavy atom. The van der Waals surface area contributed by atoms with Crippen LogP contribution < -0.4 is 15.2 Å². The van der Waals surface area contributed by atoms with Crippen molar-refractivity contribution >= 4 is 17.4 Å². The van der Waals surface area contributed by atoms with Crippen LogP contribution in [0.1, 0.15) is 16.2 Å². The molecule has 4 rings (SSSR count). The molecule has 0 spiro atoms. The fourth-order valence-electron chi connectivity index (χ4n) is 3.24. The van der Waals surface area contributed by atoms with E-state index in [1.165, 1.54) is 23.9 Å². The lowest BCUT2D eigenvalue weighted by molar-refractivity contribution is 0.0700. The van der Waals surface area contributed by atoms with Crippen molar-refractivity contribution in [1.29, 1.82) is 0 Å². The number of ether oxygens (including phenoxy) is 1. The number of amides is 1. The summed E-state index contributed by atoms with van der Waals surface area (Å²) in [6, 6.07) is 5.14. The number of carbonyl (C=O) groups excluding carboxylic acids is 1. The molecule has 3 aromatic rings. The summed E-state index contributed by atoms with van der Waals surface area (Å²) in [6.45, 7) is 3.18. The fraction of sp³-hybridized carbons (Fsp3) is 0.389. The quantitative estimate of drug-likeness (QED) is 0.630. The molecule has 0 atom stereocenters. The largest absolute Gasteiger partial charge is 0.496 e. The number of hydrogen-bond donors (Lipinski definition) is 0. The average molecular weight is 383 g/mol. The van der Waals surface area contributed by atoms with E-state index in [9.17, 15) is 9.59 Å². The Labute approximate surface area is 161 Å². The van der Waals surface area contributed by atoms with Crippen molar-refractivity contribution in [2.24, 2.45) is 7.05 Å². The molecule has 1 aliphatic rings. The molecule has 3 aromatic heterocycles. The number of aryl methyl sites for hydroxylation is 2. The van der Waals surface area contributed by atoms with Gasteiger partial charge in [-0.1, -0.05) is 0 Å². The van der Waals surface area contributed by atoms with Crippen molar-refractivity contribution < 1.29 is 9.53 Å². The summed E-state index contributed by atoms with van der Waals surface area (Å²) in [5.41, 5.74) is 0.842. The second-order valence-electron chi connectivity index (χ2n) is 6.89. The van der Waals surface area contributed by atoms with E-state index < -0.39 is 0 Å². The van der Waals surface area contributed by atoms with E-state index in [1.807, 2.05) is 19.1 Å². The van der Waals surface area contributed by atoms with Gasteiger partial charge in [0.25, 0.3) is 11.5 Å². The summed E-state index contributed by atoms with van der Waals surface area (Å²) in [5, 5.41) is 12.6. The second-order valence-corrected chi connectivity index (χ2v) is 6.89. The molecule has 4 heterocycles. The highest BCUT2D eigenvalue weighted by atomic mass is 16.5. The number of pyridine rings is 1. The monoisotopic (exact) mass is 383 g/mol. The van der Waals surface area contributed by atoms with Crippen LogP contribution in [0.15, 0.2) is 29.2 Å². The minimum atomic E-state index is -0.225. The molecular weight excluding hydrogens is 362 g/mol. The number of anilines is 1. The summed E-state index contributed by atoms with van der Waals surface area (Å²) < 4.78 is 8.30. The van der Waals surface area contributed by atoms with E-state index in [0.29, 0.717) is 24.3 Å². The van der Waals surface area contributed by atoms with E-state index in [-0.39, 0.29) is 23.3 Å². The van der Waals surface area contributed by atoms with E-state index in [1.54, 1.807) is 23.5 Å². The maximum absolute atomic E-state index is 12.9. The number of hydrogen-bond acceptors (Lipinski definition) is 7. The second kappa shape index (κ2) is 6.63. The molecule has 0 radical (unpaired) electrons. The number of methoxy groups -OCH3 is 1. The van der Waals surface area contributed by atoms with Crippen LogP contribution in [0.3, 0.4) is 0 Å². The predicted molar refractivity (Wildman–Crippen MR) is 102 cm³/mol. The first kappa shape index (κ1) is 18.0. The van der Waals surface area contributed by atoms with Crippen LogP contribution in [0.2, 0.25) is 0 Å². The zero-order chi connectivity index (χ0) is 20.0. The van der Waals surface area contributed by atoms with Crippen LogP contribution >= 0.6 is 0 Å². The van der Waals surface area contributed by atoms with E-state index in [2.05, 4.69) is 20.2 Å². The van der Waals surface area contributed by atoms with Gasteiger partial charge < -0.3 is 19.1 Å². The Kier molecular flexibility index (Phi) is 4.25. The van der Waals surface area contributed by atoms with Gasteiger partial charge in [-0.2, -0.15) is 4.52 Å². The minimum Gasteiger partial charge on any atom is -0.496 e. The van der Waals surface area contributed by atoms with E-state index >= 15 is 0 Å². The molecule has 0 unspecified atom stereocenters. The Morgan fingerprint density at radius 3 is 2.75 bits per heavy atom. The maximum atomic E-state index is 12.9.